The third-order valence-electron chi connectivity index (χ3n) is 3.29. The molecule has 0 spiro atoms. The highest BCUT2D eigenvalue weighted by Crippen LogP contribution is 2.23. The molecule has 2 N–H and O–H groups in total. The zero-order chi connectivity index (χ0) is 12.3. The van der Waals surface area contributed by atoms with Crippen molar-refractivity contribution in [2.75, 3.05) is 19.0 Å². The van der Waals surface area contributed by atoms with Crippen LogP contribution >= 0.6 is 0 Å². The van der Waals surface area contributed by atoms with Gasteiger partial charge in [-0.15, -0.1) is 0 Å². The van der Waals surface area contributed by atoms with Gasteiger partial charge in [-0.25, -0.2) is 0 Å². The van der Waals surface area contributed by atoms with Crippen molar-refractivity contribution in [3.63, 3.8) is 0 Å². The molecule has 1 fully saturated rings. The molecule has 17 heavy (non-hydrogen) atoms. The summed E-state index contributed by atoms with van der Waals surface area (Å²) >= 11 is 0. The molecule has 1 aromatic rings. The van der Waals surface area contributed by atoms with E-state index in [9.17, 15) is 0 Å². The molecular weight excluding hydrogens is 212 g/mol. The monoisotopic (exact) mass is 234 g/mol. The second-order valence-corrected chi connectivity index (χ2v) is 5.38. The lowest BCUT2D eigenvalue weighted by molar-refractivity contribution is 0.286. The Labute approximate surface area is 104 Å². The minimum atomic E-state index is 0.231. The third-order valence-corrected chi connectivity index (χ3v) is 3.29. The zero-order valence-corrected chi connectivity index (χ0v) is 10.9. The maximum atomic E-state index is 5.23. The van der Waals surface area contributed by atoms with Crippen molar-refractivity contribution in [1.82, 2.24) is 5.32 Å². The first kappa shape index (κ1) is 12.2. The molecule has 94 valence electrons. The van der Waals surface area contributed by atoms with E-state index in [1.54, 1.807) is 7.11 Å². The van der Waals surface area contributed by atoms with Gasteiger partial charge in [0.25, 0.3) is 0 Å². The van der Waals surface area contributed by atoms with Gasteiger partial charge in [0.2, 0.25) is 0 Å². The van der Waals surface area contributed by atoms with Crippen molar-refractivity contribution < 1.29 is 4.74 Å². The van der Waals surface area contributed by atoms with Gasteiger partial charge in [0.15, 0.2) is 0 Å². The van der Waals surface area contributed by atoms with Gasteiger partial charge in [0, 0.05) is 23.3 Å². The molecule has 0 aliphatic carbocycles. The van der Waals surface area contributed by atoms with E-state index in [4.69, 9.17) is 4.74 Å². The van der Waals surface area contributed by atoms with Crippen LogP contribution in [0.4, 0.5) is 5.69 Å². The van der Waals surface area contributed by atoms with Gasteiger partial charge >= 0.3 is 0 Å². The fourth-order valence-corrected chi connectivity index (χ4v) is 2.45. The van der Waals surface area contributed by atoms with Crippen molar-refractivity contribution in [1.29, 1.82) is 0 Å². The van der Waals surface area contributed by atoms with Crippen LogP contribution in [0.15, 0.2) is 24.3 Å². The summed E-state index contributed by atoms with van der Waals surface area (Å²) in [5, 5.41) is 7.12. The minimum Gasteiger partial charge on any atom is -0.497 e. The standard InChI is InChI=1S/C14H22N2O/c1-14(2)10-12(7-8-15-14)16-11-5-4-6-13(9-11)17-3/h4-6,9,12,15-16H,7-8,10H2,1-3H3. The number of benzene rings is 1. The SMILES string of the molecule is COc1cccc(NC2CCNC(C)(C)C2)c1. The molecule has 3 heteroatoms. The predicted molar refractivity (Wildman–Crippen MR) is 71.7 cm³/mol. The van der Waals surface area contributed by atoms with Gasteiger partial charge < -0.3 is 15.4 Å². The topological polar surface area (TPSA) is 33.3 Å². The molecule has 1 unspecified atom stereocenters. The van der Waals surface area contributed by atoms with Crippen LogP contribution in [0.1, 0.15) is 26.7 Å². The fourth-order valence-electron chi connectivity index (χ4n) is 2.45. The Morgan fingerprint density at radius 3 is 2.94 bits per heavy atom. The predicted octanol–water partition coefficient (Wildman–Crippen LogP) is 2.64. The molecule has 1 aliphatic heterocycles. The van der Waals surface area contributed by atoms with Crippen molar-refractivity contribution >= 4 is 5.69 Å². The molecule has 1 aromatic carbocycles. The van der Waals surface area contributed by atoms with E-state index in [1.807, 2.05) is 12.1 Å². The summed E-state index contributed by atoms with van der Waals surface area (Å²) in [7, 11) is 1.70. The van der Waals surface area contributed by atoms with Gasteiger partial charge in [-0.05, 0) is 45.4 Å². The highest BCUT2D eigenvalue weighted by Gasteiger charge is 2.27. The molecule has 0 bridgehead atoms. The lowest BCUT2D eigenvalue weighted by Gasteiger charge is -2.37. The normalized spacial score (nSPS) is 23.1. The lowest BCUT2D eigenvalue weighted by atomic mass is 9.89. The highest BCUT2D eigenvalue weighted by atomic mass is 16.5. The summed E-state index contributed by atoms with van der Waals surface area (Å²) in [5.41, 5.74) is 1.38. The van der Waals surface area contributed by atoms with Crippen LogP contribution in [0.3, 0.4) is 0 Å². The summed E-state index contributed by atoms with van der Waals surface area (Å²) in [6, 6.07) is 8.68. The molecule has 0 radical (unpaired) electrons. The number of piperidine rings is 1. The summed E-state index contributed by atoms with van der Waals surface area (Å²) < 4.78 is 5.23. The number of hydrogen-bond acceptors (Lipinski definition) is 3. The van der Waals surface area contributed by atoms with Crippen LogP contribution in [0.25, 0.3) is 0 Å². The Bertz CT molecular complexity index is 376. The number of rotatable bonds is 3. The molecule has 0 saturated carbocycles. The molecule has 2 rings (SSSR count). The number of nitrogens with one attached hydrogen (secondary N) is 2. The van der Waals surface area contributed by atoms with E-state index in [-0.39, 0.29) is 5.54 Å². The molecule has 1 heterocycles. The fraction of sp³-hybridized carbons (Fsp3) is 0.571. The van der Waals surface area contributed by atoms with Crippen LogP contribution in [-0.4, -0.2) is 25.2 Å². The first-order chi connectivity index (χ1) is 8.09. The highest BCUT2D eigenvalue weighted by molar-refractivity contribution is 5.49. The molecule has 1 saturated heterocycles. The molecule has 1 aliphatic rings. The molecule has 1 atom stereocenters. The molecule has 0 amide bonds. The lowest BCUT2D eigenvalue weighted by Crippen LogP contribution is -2.49. The summed E-state index contributed by atoms with van der Waals surface area (Å²) in [6.07, 6.45) is 2.31. The van der Waals surface area contributed by atoms with Crippen LogP contribution in [0.5, 0.6) is 5.75 Å². The molecule has 3 nitrogen and oxygen atoms in total. The van der Waals surface area contributed by atoms with Crippen molar-refractivity contribution in [3.8, 4) is 5.75 Å². The van der Waals surface area contributed by atoms with Crippen LogP contribution in [-0.2, 0) is 0 Å². The first-order valence-electron chi connectivity index (χ1n) is 6.25. The van der Waals surface area contributed by atoms with E-state index in [0.717, 1.165) is 24.4 Å². The van der Waals surface area contributed by atoms with E-state index < -0.39 is 0 Å². The van der Waals surface area contributed by atoms with Crippen LogP contribution in [0.2, 0.25) is 0 Å². The maximum absolute atomic E-state index is 5.23. The average molecular weight is 234 g/mol. The number of ether oxygens (including phenoxy) is 1. The van der Waals surface area contributed by atoms with Gasteiger partial charge in [-0.1, -0.05) is 6.07 Å². The maximum Gasteiger partial charge on any atom is 0.120 e. The van der Waals surface area contributed by atoms with Gasteiger partial charge in [-0.2, -0.15) is 0 Å². The summed E-state index contributed by atoms with van der Waals surface area (Å²) in [5.74, 6) is 0.906. The van der Waals surface area contributed by atoms with Crippen molar-refractivity contribution in [2.24, 2.45) is 0 Å². The van der Waals surface area contributed by atoms with E-state index in [0.29, 0.717) is 6.04 Å². The quantitative estimate of drug-likeness (QED) is 0.843. The van der Waals surface area contributed by atoms with Gasteiger partial charge in [0.05, 0.1) is 7.11 Å². The van der Waals surface area contributed by atoms with E-state index >= 15 is 0 Å². The number of methoxy groups -OCH3 is 1. The third kappa shape index (κ3) is 3.37. The largest absolute Gasteiger partial charge is 0.497 e. The van der Waals surface area contributed by atoms with E-state index in [2.05, 4.69) is 36.6 Å². The van der Waals surface area contributed by atoms with E-state index in [1.165, 1.54) is 6.42 Å². The number of anilines is 1. The Balaban J connectivity index is 2.00. The Kier molecular flexibility index (Phi) is 3.57. The van der Waals surface area contributed by atoms with Crippen molar-refractivity contribution in [3.05, 3.63) is 24.3 Å². The molecular formula is C14H22N2O. The second-order valence-electron chi connectivity index (χ2n) is 5.38. The van der Waals surface area contributed by atoms with Crippen LogP contribution in [0, 0.1) is 0 Å². The zero-order valence-electron chi connectivity index (χ0n) is 10.9. The Morgan fingerprint density at radius 2 is 2.24 bits per heavy atom. The Morgan fingerprint density at radius 1 is 1.41 bits per heavy atom. The van der Waals surface area contributed by atoms with Gasteiger partial charge in [-0.3, -0.25) is 0 Å². The smallest absolute Gasteiger partial charge is 0.120 e. The van der Waals surface area contributed by atoms with Crippen LogP contribution < -0.4 is 15.4 Å². The van der Waals surface area contributed by atoms with Crippen molar-refractivity contribution in [2.45, 2.75) is 38.3 Å². The Hall–Kier alpha value is -1.22. The average Bonchev–Trinajstić information content (AvgIpc) is 2.28. The number of hydrogen-bond donors (Lipinski definition) is 2. The second kappa shape index (κ2) is 4.96. The summed E-state index contributed by atoms with van der Waals surface area (Å²) in [6.45, 7) is 5.59. The summed E-state index contributed by atoms with van der Waals surface area (Å²) in [4.78, 5) is 0. The molecule has 0 aromatic heterocycles. The minimum absolute atomic E-state index is 0.231. The van der Waals surface area contributed by atoms with Gasteiger partial charge in [0.1, 0.15) is 5.75 Å². The first-order valence-corrected chi connectivity index (χ1v) is 6.25.